The van der Waals surface area contributed by atoms with E-state index in [9.17, 15) is 5.26 Å². The first kappa shape index (κ1) is 16.0. The number of nitrogens with zero attached hydrogens (tertiary/aromatic N) is 3. The van der Waals surface area contributed by atoms with Gasteiger partial charge in [0.15, 0.2) is 0 Å². The summed E-state index contributed by atoms with van der Waals surface area (Å²) in [6.45, 7) is 7.81. The molecule has 0 saturated heterocycles. The van der Waals surface area contributed by atoms with Gasteiger partial charge in [-0.05, 0) is 39.2 Å². The van der Waals surface area contributed by atoms with Gasteiger partial charge < -0.3 is 0 Å². The summed E-state index contributed by atoms with van der Waals surface area (Å²) >= 11 is 5.97. The van der Waals surface area contributed by atoms with E-state index < -0.39 is 5.54 Å². The molecule has 1 atom stereocenters. The smallest absolute Gasteiger partial charge is 0.106 e. The normalized spacial score (nSPS) is 14.1. The third kappa shape index (κ3) is 4.22. The molecule has 5 heteroatoms. The van der Waals surface area contributed by atoms with Gasteiger partial charge in [0.2, 0.25) is 0 Å². The van der Waals surface area contributed by atoms with E-state index in [1.165, 1.54) is 0 Å². The van der Waals surface area contributed by atoms with E-state index >= 15 is 0 Å². The van der Waals surface area contributed by atoms with E-state index in [4.69, 9.17) is 11.6 Å². The standard InChI is InChI=1S/C14H23ClN4/c1-4-8-17-14(5-2,11-16)7-6-9-19-12(3)13(15)10-18-19/h10,17H,4-9H2,1-3H3. The van der Waals surface area contributed by atoms with Gasteiger partial charge in [0, 0.05) is 6.54 Å². The van der Waals surface area contributed by atoms with Crippen molar-refractivity contribution < 1.29 is 0 Å². The minimum Gasteiger partial charge on any atom is -0.299 e. The minimum absolute atomic E-state index is 0.402. The fraction of sp³-hybridized carbons (Fsp3) is 0.714. The molecule has 106 valence electrons. The molecule has 0 amide bonds. The number of aromatic nitrogens is 2. The molecule has 0 fully saturated rings. The largest absolute Gasteiger partial charge is 0.299 e. The summed E-state index contributed by atoms with van der Waals surface area (Å²) in [5, 5.41) is 17.7. The fourth-order valence-corrected chi connectivity index (χ4v) is 2.25. The summed E-state index contributed by atoms with van der Waals surface area (Å²) in [5.41, 5.74) is 0.586. The van der Waals surface area contributed by atoms with Gasteiger partial charge in [-0.3, -0.25) is 10.00 Å². The van der Waals surface area contributed by atoms with Gasteiger partial charge in [-0.1, -0.05) is 25.4 Å². The summed E-state index contributed by atoms with van der Waals surface area (Å²) in [5.74, 6) is 0. The Kier molecular flexibility index (Phi) is 6.33. The van der Waals surface area contributed by atoms with Crippen LogP contribution in [0.3, 0.4) is 0 Å². The average molecular weight is 283 g/mol. The quantitative estimate of drug-likeness (QED) is 0.796. The first-order chi connectivity index (χ1) is 9.08. The number of halogens is 1. The lowest BCUT2D eigenvalue weighted by atomic mass is 9.92. The third-order valence-electron chi connectivity index (χ3n) is 3.55. The first-order valence-electron chi connectivity index (χ1n) is 6.92. The van der Waals surface area contributed by atoms with Crippen LogP contribution in [0.15, 0.2) is 6.20 Å². The lowest BCUT2D eigenvalue weighted by Gasteiger charge is -2.26. The summed E-state index contributed by atoms with van der Waals surface area (Å²) in [7, 11) is 0. The molecule has 0 bridgehead atoms. The average Bonchev–Trinajstić information content (AvgIpc) is 2.75. The van der Waals surface area contributed by atoms with Crippen LogP contribution in [0.1, 0.15) is 45.2 Å². The van der Waals surface area contributed by atoms with E-state index in [0.717, 1.165) is 44.5 Å². The molecule has 19 heavy (non-hydrogen) atoms. The summed E-state index contributed by atoms with van der Waals surface area (Å²) in [4.78, 5) is 0. The highest BCUT2D eigenvalue weighted by Gasteiger charge is 2.26. The molecule has 1 heterocycles. The molecule has 4 nitrogen and oxygen atoms in total. The van der Waals surface area contributed by atoms with Crippen molar-refractivity contribution in [2.24, 2.45) is 0 Å². The Morgan fingerprint density at radius 1 is 1.53 bits per heavy atom. The minimum atomic E-state index is -0.402. The highest BCUT2D eigenvalue weighted by atomic mass is 35.5. The molecular weight excluding hydrogens is 260 g/mol. The molecule has 0 radical (unpaired) electrons. The van der Waals surface area contributed by atoms with E-state index in [2.05, 4.69) is 30.3 Å². The number of hydrogen-bond donors (Lipinski definition) is 1. The van der Waals surface area contributed by atoms with E-state index in [1.807, 2.05) is 11.6 Å². The summed E-state index contributed by atoms with van der Waals surface area (Å²) in [6.07, 6.45) is 5.27. The Morgan fingerprint density at radius 3 is 2.74 bits per heavy atom. The van der Waals surface area contributed by atoms with Gasteiger partial charge in [-0.15, -0.1) is 0 Å². The van der Waals surface area contributed by atoms with Gasteiger partial charge in [0.05, 0.1) is 23.0 Å². The Morgan fingerprint density at radius 2 is 2.26 bits per heavy atom. The van der Waals surface area contributed by atoms with Crippen LogP contribution in [0.4, 0.5) is 0 Å². The molecule has 1 unspecified atom stereocenters. The zero-order valence-corrected chi connectivity index (χ0v) is 12.8. The Bertz CT molecular complexity index is 435. The monoisotopic (exact) mass is 282 g/mol. The molecule has 0 aliphatic heterocycles. The van der Waals surface area contributed by atoms with Crippen molar-refractivity contribution in [3.05, 3.63) is 16.9 Å². The van der Waals surface area contributed by atoms with Crippen LogP contribution in [0.2, 0.25) is 5.02 Å². The molecule has 0 aromatic carbocycles. The van der Waals surface area contributed by atoms with Crippen molar-refractivity contribution in [1.29, 1.82) is 5.26 Å². The van der Waals surface area contributed by atoms with Crippen molar-refractivity contribution in [3.8, 4) is 6.07 Å². The molecule has 1 rings (SSSR count). The van der Waals surface area contributed by atoms with Crippen LogP contribution in [-0.2, 0) is 6.54 Å². The SMILES string of the molecule is CCCNC(C#N)(CC)CCCn1ncc(Cl)c1C. The van der Waals surface area contributed by atoms with Crippen LogP contribution in [-0.4, -0.2) is 21.9 Å². The fourth-order valence-electron chi connectivity index (χ4n) is 2.11. The summed E-state index contributed by atoms with van der Waals surface area (Å²) in [6, 6.07) is 2.44. The molecule has 0 spiro atoms. The van der Waals surface area contributed by atoms with E-state index in [0.29, 0.717) is 5.02 Å². The van der Waals surface area contributed by atoms with Crippen LogP contribution >= 0.6 is 11.6 Å². The Labute approximate surface area is 120 Å². The van der Waals surface area contributed by atoms with Crippen LogP contribution in [0.5, 0.6) is 0 Å². The van der Waals surface area contributed by atoms with Crippen molar-refractivity contribution in [2.75, 3.05) is 6.54 Å². The lowest BCUT2D eigenvalue weighted by molar-refractivity contribution is 0.351. The molecule has 0 saturated carbocycles. The molecular formula is C14H23ClN4. The predicted octanol–water partition coefficient (Wildman–Crippen LogP) is 3.30. The second-order valence-corrected chi connectivity index (χ2v) is 5.29. The zero-order valence-electron chi connectivity index (χ0n) is 12.0. The van der Waals surface area contributed by atoms with Gasteiger partial charge in [-0.25, -0.2) is 0 Å². The van der Waals surface area contributed by atoms with Crippen LogP contribution in [0, 0.1) is 18.3 Å². The van der Waals surface area contributed by atoms with E-state index in [-0.39, 0.29) is 0 Å². The van der Waals surface area contributed by atoms with Crippen molar-refractivity contribution in [1.82, 2.24) is 15.1 Å². The highest BCUT2D eigenvalue weighted by Crippen LogP contribution is 2.19. The van der Waals surface area contributed by atoms with E-state index in [1.54, 1.807) is 6.20 Å². The van der Waals surface area contributed by atoms with Gasteiger partial charge >= 0.3 is 0 Å². The number of aryl methyl sites for hydroxylation is 1. The molecule has 1 aromatic heterocycles. The Hall–Kier alpha value is -1.05. The maximum atomic E-state index is 9.40. The number of nitriles is 1. The van der Waals surface area contributed by atoms with Gasteiger partial charge in [0.25, 0.3) is 0 Å². The second kappa shape index (κ2) is 7.52. The topological polar surface area (TPSA) is 53.6 Å². The number of rotatable bonds is 8. The molecule has 1 N–H and O–H groups in total. The molecule has 1 aromatic rings. The van der Waals surface area contributed by atoms with Gasteiger partial charge in [-0.2, -0.15) is 10.4 Å². The zero-order chi connectivity index (χ0) is 14.3. The lowest BCUT2D eigenvalue weighted by Crippen LogP contribution is -2.43. The maximum Gasteiger partial charge on any atom is 0.106 e. The molecule has 0 aliphatic rings. The molecule has 0 aliphatic carbocycles. The predicted molar refractivity (Wildman–Crippen MR) is 78.1 cm³/mol. The first-order valence-corrected chi connectivity index (χ1v) is 7.30. The summed E-state index contributed by atoms with van der Waals surface area (Å²) < 4.78 is 1.90. The highest BCUT2D eigenvalue weighted by molar-refractivity contribution is 6.31. The number of nitrogens with one attached hydrogen (secondary N) is 1. The maximum absolute atomic E-state index is 9.40. The van der Waals surface area contributed by atoms with Crippen LogP contribution in [0.25, 0.3) is 0 Å². The second-order valence-electron chi connectivity index (χ2n) is 4.88. The number of hydrogen-bond acceptors (Lipinski definition) is 3. The third-order valence-corrected chi connectivity index (χ3v) is 3.92. The Balaban J connectivity index is 2.53. The van der Waals surface area contributed by atoms with Gasteiger partial charge in [0.1, 0.15) is 5.54 Å². The van der Waals surface area contributed by atoms with Crippen molar-refractivity contribution in [2.45, 2.75) is 58.5 Å². The van der Waals surface area contributed by atoms with Crippen LogP contribution < -0.4 is 5.32 Å². The van der Waals surface area contributed by atoms with Crippen molar-refractivity contribution >= 4 is 11.6 Å². The van der Waals surface area contributed by atoms with Crippen molar-refractivity contribution in [3.63, 3.8) is 0 Å².